The maximum Gasteiger partial charge on any atom is 0.269 e. The quantitative estimate of drug-likeness (QED) is 0.357. The standard InChI is InChI=1S/C28H27N3O2S2/c1-30-23-17-22(33-2)14-15-24(23)34-27(30)25-26(32)31(21-10-4-3-5-11-21)28(35-25)29-20-13-12-18-8-6-7-9-19(18)16-20/h6-9,12-17,21H,3-5,10-11H2,1-2H3/b27-25-,29-28?. The molecule has 1 saturated carbocycles. The molecule has 35 heavy (non-hydrogen) atoms. The Morgan fingerprint density at radius 3 is 2.54 bits per heavy atom. The summed E-state index contributed by atoms with van der Waals surface area (Å²) in [6, 6.07) is 20.8. The average molecular weight is 502 g/mol. The van der Waals surface area contributed by atoms with Gasteiger partial charge in [-0.1, -0.05) is 61.4 Å². The molecule has 5 nitrogen and oxygen atoms in total. The first kappa shape index (κ1) is 22.6. The van der Waals surface area contributed by atoms with Crippen molar-refractivity contribution in [1.29, 1.82) is 0 Å². The molecule has 1 aliphatic carbocycles. The largest absolute Gasteiger partial charge is 0.497 e. The van der Waals surface area contributed by atoms with E-state index in [0.717, 1.165) is 68.2 Å². The highest BCUT2D eigenvalue weighted by Gasteiger charge is 2.42. The fourth-order valence-electron chi connectivity index (χ4n) is 5.06. The van der Waals surface area contributed by atoms with Gasteiger partial charge in [-0.25, -0.2) is 4.99 Å². The van der Waals surface area contributed by atoms with Gasteiger partial charge in [-0.05, 0) is 59.6 Å². The number of aliphatic imine (C=N–C) groups is 1. The van der Waals surface area contributed by atoms with Gasteiger partial charge in [0.25, 0.3) is 5.91 Å². The van der Waals surface area contributed by atoms with Crippen LogP contribution in [0.25, 0.3) is 10.8 Å². The molecule has 3 aromatic carbocycles. The second kappa shape index (κ2) is 9.28. The van der Waals surface area contributed by atoms with E-state index in [-0.39, 0.29) is 11.9 Å². The molecule has 2 fully saturated rings. The summed E-state index contributed by atoms with van der Waals surface area (Å²) in [6.45, 7) is 0. The molecule has 0 radical (unpaired) electrons. The molecular formula is C28H27N3O2S2. The number of methoxy groups -OCH3 is 1. The normalized spacial score (nSPS) is 21.9. The van der Waals surface area contributed by atoms with Crippen LogP contribution < -0.4 is 9.64 Å². The lowest BCUT2D eigenvalue weighted by atomic mass is 9.94. The minimum absolute atomic E-state index is 0.0792. The summed E-state index contributed by atoms with van der Waals surface area (Å²) in [5.41, 5.74) is 1.95. The number of thioether (sulfide) groups is 2. The zero-order valence-corrected chi connectivity index (χ0v) is 21.5. The van der Waals surface area contributed by atoms with Crippen LogP contribution in [-0.4, -0.2) is 36.2 Å². The third-order valence-corrected chi connectivity index (χ3v) is 9.35. The Labute approximate surface area is 214 Å². The van der Waals surface area contributed by atoms with E-state index in [9.17, 15) is 4.79 Å². The van der Waals surface area contributed by atoms with E-state index in [2.05, 4.69) is 35.2 Å². The molecule has 3 aliphatic rings. The van der Waals surface area contributed by atoms with Crippen LogP contribution in [0.3, 0.4) is 0 Å². The number of hydrogen-bond donors (Lipinski definition) is 0. The van der Waals surface area contributed by atoms with Gasteiger partial charge in [0.2, 0.25) is 0 Å². The Kier molecular flexibility index (Phi) is 5.98. The molecule has 3 aromatic rings. The van der Waals surface area contributed by atoms with Crippen LogP contribution in [0.1, 0.15) is 32.1 Å². The van der Waals surface area contributed by atoms with Crippen molar-refractivity contribution in [2.45, 2.75) is 43.0 Å². The molecule has 1 amide bonds. The van der Waals surface area contributed by atoms with Crippen LogP contribution in [-0.2, 0) is 4.79 Å². The fourth-order valence-corrected chi connectivity index (χ4v) is 7.45. The van der Waals surface area contributed by atoms with E-state index in [1.807, 2.05) is 42.3 Å². The van der Waals surface area contributed by atoms with Gasteiger partial charge in [0, 0.05) is 24.1 Å². The van der Waals surface area contributed by atoms with Gasteiger partial charge in [-0.2, -0.15) is 0 Å². The molecule has 0 spiro atoms. The fraction of sp³-hybridized carbons (Fsp3) is 0.286. The van der Waals surface area contributed by atoms with E-state index < -0.39 is 0 Å². The second-order valence-corrected chi connectivity index (χ2v) is 11.1. The van der Waals surface area contributed by atoms with Crippen molar-refractivity contribution in [2.24, 2.45) is 4.99 Å². The smallest absolute Gasteiger partial charge is 0.269 e. The first-order chi connectivity index (χ1) is 17.1. The molecule has 7 heteroatoms. The number of anilines is 1. The molecule has 0 aromatic heterocycles. The van der Waals surface area contributed by atoms with Crippen molar-refractivity contribution in [3.63, 3.8) is 0 Å². The molecule has 2 heterocycles. The highest BCUT2D eigenvalue weighted by Crippen LogP contribution is 2.51. The minimum Gasteiger partial charge on any atom is -0.497 e. The zero-order chi connectivity index (χ0) is 23.9. The van der Waals surface area contributed by atoms with Gasteiger partial charge in [0.1, 0.15) is 10.7 Å². The third kappa shape index (κ3) is 4.10. The number of carbonyl (C=O) groups is 1. The number of benzene rings is 3. The Balaban J connectivity index is 1.41. The number of ether oxygens (including phenoxy) is 1. The summed E-state index contributed by atoms with van der Waals surface area (Å²) < 4.78 is 5.43. The van der Waals surface area contributed by atoms with Crippen LogP contribution in [0.2, 0.25) is 0 Å². The summed E-state index contributed by atoms with van der Waals surface area (Å²) >= 11 is 3.16. The van der Waals surface area contributed by atoms with E-state index in [0.29, 0.717) is 0 Å². The highest BCUT2D eigenvalue weighted by molar-refractivity contribution is 8.19. The predicted octanol–water partition coefficient (Wildman–Crippen LogP) is 7.16. The van der Waals surface area contributed by atoms with Crippen molar-refractivity contribution in [2.75, 3.05) is 19.1 Å². The lowest BCUT2D eigenvalue weighted by molar-refractivity contribution is -0.124. The van der Waals surface area contributed by atoms with Gasteiger partial charge in [-0.3, -0.25) is 9.69 Å². The molecule has 6 rings (SSSR count). The van der Waals surface area contributed by atoms with Crippen molar-refractivity contribution in [3.05, 3.63) is 70.6 Å². The van der Waals surface area contributed by atoms with Crippen LogP contribution in [0.4, 0.5) is 11.4 Å². The first-order valence-electron chi connectivity index (χ1n) is 12.0. The number of hydrogen-bond acceptors (Lipinski definition) is 6. The van der Waals surface area contributed by atoms with Gasteiger partial charge >= 0.3 is 0 Å². The average Bonchev–Trinajstić information content (AvgIpc) is 3.39. The number of nitrogens with zero attached hydrogens (tertiary/aromatic N) is 3. The maximum absolute atomic E-state index is 13.9. The summed E-state index contributed by atoms with van der Waals surface area (Å²) in [5.74, 6) is 0.894. The molecule has 0 atom stereocenters. The molecule has 0 unspecified atom stereocenters. The highest BCUT2D eigenvalue weighted by atomic mass is 32.2. The van der Waals surface area contributed by atoms with E-state index in [4.69, 9.17) is 9.73 Å². The number of fused-ring (bicyclic) bond motifs is 2. The van der Waals surface area contributed by atoms with Crippen molar-refractivity contribution in [3.8, 4) is 5.75 Å². The van der Waals surface area contributed by atoms with E-state index >= 15 is 0 Å². The molecule has 0 bridgehead atoms. The van der Waals surface area contributed by atoms with Gasteiger partial charge in [-0.15, -0.1) is 0 Å². The third-order valence-electron chi connectivity index (χ3n) is 6.94. The lowest BCUT2D eigenvalue weighted by Crippen LogP contribution is -2.40. The van der Waals surface area contributed by atoms with Crippen molar-refractivity contribution >= 4 is 56.7 Å². The van der Waals surface area contributed by atoms with E-state index in [1.54, 1.807) is 18.9 Å². The van der Waals surface area contributed by atoms with Crippen molar-refractivity contribution in [1.82, 2.24) is 4.90 Å². The summed E-state index contributed by atoms with van der Waals surface area (Å²) in [6.07, 6.45) is 5.63. The van der Waals surface area contributed by atoms with Crippen LogP contribution in [0, 0.1) is 0 Å². The summed E-state index contributed by atoms with van der Waals surface area (Å²) in [5, 5.41) is 4.10. The number of amidine groups is 1. The Morgan fingerprint density at radius 2 is 1.74 bits per heavy atom. The zero-order valence-electron chi connectivity index (χ0n) is 19.9. The number of amides is 1. The van der Waals surface area contributed by atoms with Gasteiger partial charge in [0.05, 0.1) is 23.5 Å². The number of carbonyl (C=O) groups excluding carboxylic acids is 1. The predicted molar refractivity (Wildman–Crippen MR) is 147 cm³/mol. The monoisotopic (exact) mass is 501 g/mol. The maximum atomic E-state index is 13.9. The molecule has 2 aliphatic heterocycles. The van der Waals surface area contributed by atoms with Crippen LogP contribution in [0.15, 0.2) is 80.5 Å². The topological polar surface area (TPSA) is 45.1 Å². The summed E-state index contributed by atoms with van der Waals surface area (Å²) in [7, 11) is 3.70. The second-order valence-electron chi connectivity index (χ2n) is 9.12. The molecule has 1 saturated heterocycles. The lowest BCUT2D eigenvalue weighted by Gasteiger charge is -2.30. The van der Waals surface area contributed by atoms with Crippen molar-refractivity contribution < 1.29 is 9.53 Å². The molecule has 178 valence electrons. The Morgan fingerprint density at radius 1 is 0.943 bits per heavy atom. The van der Waals surface area contributed by atoms with Gasteiger partial charge < -0.3 is 9.64 Å². The SMILES string of the molecule is COc1ccc2c(c1)N(C)/C(=C1/SC(=Nc3ccc4ccccc4c3)N(C3CCCCC3)C1=O)S2. The minimum atomic E-state index is 0.0792. The first-order valence-corrected chi connectivity index (χ1v) is 13.7. The van der Waals surface area contributed by atoms with Crippen LogP contribution >= 0.6 is 23.5 Å². The molecule has 0 N–H and O–H groups in total. The summed E-state index contributed by atoms with van der Waals surface area (Å²) in [4.78, 5) is 25.0. The van der Waals surface area contributed by atoms with Crippen LogP contribution in [0.5, 0.6) is 5.75 Å². The molecular weight excluding hydrogens is 474 g/mol. The Bertz CT molecular complexity index is 1380. The Hall–Kier alpha value is -2.90. The van der Waals surface area contributed by atoms with Gasteiger partial charge in [0.15, 0.2) is 5.17 Å². The number of rotatable bonds is 3. The van der Waals surface area contributed by atoms with E-state index in [1.165, 1.54) is 23.6 Å².